The van der Waals surface area contributed by atoms with E-state index in [2.05, 4.69) is 162 Å². The Labute approximate surface area is 328 Å². The fourth-order valence-corrected chi connectivity index (χ4v) is 11.2. The van der Waals surface area contributed by atoms with E-state index in [0.717, 1.165) is 62.2 Å². The molecule has 4 unspecified atom stereocenters. The van der Waals surface area contributed by atoms with E-state index in [9.17, 15) is 0 Å². The van der Waals surface area contributed by atoms with Crippen molar-refractivity contribution in [2.75, 3.05) is 0 Å². The Hall–Kier alpha value is -6.06. The predicted octanol–water partition coefficient (Wildman–Crippen LogP) is 12.9. The van der Waals surface area contributed by atoms with Crippen molar-refractivity contribution in [3.63, 3.8) is 0 Å². The van der Waals surface area contributed by atoms with Crippen LogP contribution < -0.4 is 0 Å². The van der Waals surface area contributed by atoms with Crippen LogP contribution >= 0.6 is 0 Å². The number of rotatable bonds is 4. The minimum absolute atomic E-state index is 0.129. The van der Waals surface area contributed by atoms with Gasteiger partial charge in [-0.05, 0) is 119 Å². The van der Waals surface area contributed by atoms with Crippen LogP contribution in [0.4, 0.5) is 0 Å². The largest absolute Gasteiger partial charge is 0.333 e. The number of fused-ring (bicyclic) bond motifs is 12. The summed E-state index contributed by atoms with van der Waals surface area (Å²) < 4.78 is 2.65. The lowest BCUT2D eigenvalue weighted by Crippen LogP contribution is -2.33. The third-order valence-electron chi connectivity index (χ3n) is 13.6. The normalized spacial score (nSPS) is 25.4. The minimum Gasteiger partial charge on any atom is -0.333 e. The van der Waals surface area contributed by atoms with Gasteiger partial charge in [-0.15, -0.1) is 0 Å². The second kappa shape index (κ2) is 12.5. The number of allylic oxidation sites excluding steroid dienone is 20. The maximum absolute atomic E-state index is 5.33. The van der Waals surface area contributed by atoms with Gasteiger partial charge in [0.2, 0.25) is 0 Å². The Morgan fingerprint density at radius 2 is 1.55 bits per heavy atom. The molecule has 0 amide bonds. The molecule has 0 radical (unpaired) electrons. The summed E-state index contributed by atoms with van der Waals surface area (Å²) in [5.41, 5.74) is 17.4. The van der Waals surface area contributed by atoms with Gasteiger partial charge in [-0.3, -0.25) is 0 Å². The molecule has 0 bridgehead atoms. The zero-order valence-electron chi connectivity index (χ0n) is 31.5. The molecule has 12 rings (SSSR count). The standard InChI is InChI=1S/C53H43N3/c1-3-16-34(17-4-1)48-33-49(55-52(54-48)35-18-5-2-6-19-35)36-20-15-21-37(30-36)56-50-29-14-10-25-41(50)43-31-42-40-24-9-13-28-46(40)53(47(42)32-51(43)56)44-26-11-7-22-38(44)39-23-8-12-27-45(39)53/h2-3,5-7,9-18,20-22,24-27,29,31-33,35,37,46H,1,4,8,19,23,28,30H2. The molecule has 0 saturated carbocycles. The molecule has 0 N–H and O–H groups in total. The average Bonchev–Trinajstić information content (AvgIpc) is 3.87. The van der Waals surface area contributed by atoms with Crippen molar-refractivity contribution >= 4 is 44.1 Å². The number of benzene rings is 3. The number of hydrogen-bond donors (Lipinski definition) is 0. The molecule has 2 aromatic heterocycles. The van der Waals surface area contributed by atoms with Crippen LogP contribution in [0.25, 0.3) is 44.1 Å². The van der Waals surface area contributed by atoms with Crippen molar-refractivity contribution in [3.05, 3.63) is 203 Å². The molecule has 4 atom stereocenters. The Morgan fingerprint density at radius 1 is 0.661 bits per heavy atom. The van der Waals surface area contributed by atoms with Gasteiger partial charge in [0.15, 0.2) is 0 Å². The lowest BCUT2D eigenvalue weighted by molar-refractivity contribution is 0.490. The van der Waals surface area contributed by atoms with Gasteiger partial charge in [-0.1, -0.05) is 134 Å². The number of aromatic nitrogens is 3. The van der Waals surface area contributed by atoms with Gasteiger partial charge in [-0.25, -0.2) is 9.97 Å². The van der Waals surface area contributed by atoms with E-state index in [1.165, 1.54) is 66.4 Å². The topological polar surface area (TPSA) is 30.7 Å². The van der Waals surface area contributed by atoms with Gasteiger partial charge in [-0.2, -0.15) is 0 Å². The first-order valence-corrected chi connectivity index (χ1v) is 20.7. The molecule has 5 aromatic rings. The Kier molecular flexibility index (Phi) is 7.18. The molecule has 3 heteroatoms. The van der Waals surface area contributed by atoms with Crippen LogP contribution in [0.3, 0.4) is 0 Å². The molecule has 3 aromatic carbocycles. The molecular weight excluding hydrogens is 679 g/mol. The minimum atomic E-state index is -0.198. The number of hydrogen-bond acceptors (Lipinski definition) is 2. The lowest BCUT2D eigenvalue weighted by Gasteiger charge is -2.37. The third kappa shape index (κ3) is 4.58. The van der Waals surface area contributed by atoms with Crippen LogP contribution in [0, 0.1) is 5.92 Å². The monoisotopic (exact) mass is 721 g/mol. The van der Waals surface area contributed by atoms with Crippen molar-refractivity contribution < 1.29 is 0 Å². The third-order valence-corrected chi connectivity index (χ3v) is 13.6. The highest BCUT2D eigenvalue weighted by Crippen LogP contribution is 2.66. The van der Waals surface area contributed by atoms with Gasteiger partial charge in [0.1, 0.15) is 5.82 Å². The average molecular weight is 722 g/mol. The second-order valence-electron chi connectivity index (χ2n) is 16.5. The van der Waals surface area contributed by atoms with Crippen molar-refractivity contribution in [2.45, 2.75) is 62.3 Å². The summed E-state index contributed by atoms with van der Waals surface area (Å²) in [4.78, 5) is 10.5. The molecular formula is C53H43N3. The lowest BCUT2D eigenvalue weighted by atomic mass is 9.64. The molecule has 1 spiro atoms. The summed E-state index contributed by atoms with van der Waals surface area (Å²) in [6.07, 6.45) is 41.8. The highest BCUT2D eigenvalue weighted by atomic mass is 15.0. The van der Waals surface area contributed by atoms with Crippen LogP contribution in [0.15, 0.2) is 163 Å². The highest BCUT2D eigenvalue weighted by Gasteiger charge is 2.57. The smallest absolute Gasteiger partial charge is 0.136 e. The molecule has 0 fully saturated rings. The van der Waals surface area contributed by atoms with Gasteiger partial charge >= 0.3 is 0 Å². The van der Waals surface area contributed by atoms with E-state index < -0.39 is 0 Å². The first-order valence-electron chi connectivity index (χ1n) is 20.7. The van der Waals surface area contributed by atoms with Crippen LogP contribution in [-0.4, -0.2) is 14.5 Å². The quantitative estimate of drug-likeness (QED) is 0.185. The van der Waals surface area contributed by atoms with Crippen molar-refractivity contribution in [1.29, 1.82) is 0 Å². The van der Waals surface area contributed by atoms with Crippen molar-refractivity contribution in [1.82, 2.24) is 14.5 Å². The van der Waals surface area contributed by atoms with Gasteiger partial charge in [0.25, 0.3) is 0 Å². The van der Waals surface area contributed by atoms with Crippen LogP contribution in [0.1, 0.15) is 96.4 Å². The summed E-state index contributed by atoms with van der Waals surface area (Å²) in [6.45, 7) is 0. The molecule has 0 saturated heterocycles. The van der Waals surface area contributed by atoms with Crippen molar-refractivity contribution in [3.8, 4) is 0 Å². The first kappa shape index (κ1) is 32.2. The zero-order valence-corrected chi connectivity index (χ0v) is 31.5. The Bertz CT molecular complexity index is 2850. The molecule has 56 heavy (non-hydrogen) atoms. The van der Waals surface area contributed by atoms with Crippen molar-refractivity contribution in [2.24, 2.45) is 5.92 Å². The van der Waals surface area contributed by atoms with E-state index >= 15 is 0 Å². The number of para-hydroxylation sites is 1. The summed E-state index contributed by atoms with van der Waals surface area (Å²) in [5.74, 6) is 1.47. The molecule has 7 aliphatic rings. The van der Waals surface area contributed by atoms with E-state index in [-0.39, 0.29) is 17.4 Å². The zero-order chi connectivity index (χ0) is 36.8. The molecule has 0 aliphatic heterocycles. The van der Waals surface area contributed by atoms with E-state index in [1.807, 2.05) is 0 Å². The summed E-state index contributed by atoms with van der Waals surface area (Å²) in [7, 11) is 0. The summed E-state index contributed by atoms with van der Waals surface area (Å²) in [6, 6.07) is 26.0. The highest BCUT2D eigenvalue weighted by molar-refractivity contribution is 6.11. The maximum Gasteiger partial charge on any atom is 0.136 e. The van der Waals surface area contributed by atoms with Crippen LogP contribution in [0.5, 0.6) is 0 Å². The summed E-state index contributed by atoms with van der Waals surface area (Å²) >= 11 is 0. The first-order chi connectivity index (χ1) is 27.8. The van der Waals surface area contributed by atoms with Gasteiger partial charge < -0.3 is 4.57 Å². The van der Waals surface area contributed by atoms with Gasteiger partial charge in [0, 0.05) is 28.1 Å². The summed E-state index contributed by atoms with van der Waals surface area (Å²) in [5, 5.41) is 2.66. The van der Waals surface area contributed by atoms with Crippen LogP contribution in [0.2, 0.25) is 0 Å². The maximum atomic E-state index is 5.33. The Morgan fingerprint density at radius 3 is 2.48 bits per heavy atom. The van der Waals surface area contributed by atoms with E-state index in [1.54, 1.807) is 5.57 Å². The Balaban J connectivity index is 1.03. The molecule has 3 nitrogen and oxygen atoms in total. The second-order valence-corrected chi connectivity index (χ2v) is 16.5. The SMILES string of the molecule is C1=CCC(c2nc(C3=CCCC=C3)cc(C3=CC=CC(n4c5ccccc5c5cc6c(cc54)C4(C5=C(CCC=C5)c5ccccc54)C4CC=CC=C64)C3)n2)C=C1. The molecule has 7 aliphatic carbocycles. The number of nitrogens with zero attached hydrogens (tertiary/aromatic N) is 3. The van der Waals surface area contributed by atoms with E-state index in [4.69, 9.17) is 9.97 Å². The fraction of sp³-hybridized carbons (Fsp3) is 0.208. The molecule has 2 heterocycles. The predicted molar refractivity (Wildman–Crippen MR) is 232 cm³/mol. The van der Waals surface area contributed by atoms with Gasteiger partial charge in [0.05, 0.1) is 28.4 Å². The van der Waals surface area contributed by atoms with Crippen LogP contribution in [-0.2, 0) is 5.41 Å². The fourth-order valence-electron chi connectivity index (χ4n) is 11.2. The molecule has 270 valence electrons. The van der Waals surface area contributed by atoms with E-state index in [0.29, 0.717) is 5.92 Å².